The number of aryl methyl sites for hydroxylation is 1. The Morgan fingerprint density at radius 1 is 1.47 bits per heavy atom. The number of non-ortho nitro benzene ring substituents is 1. The second-order valence-corrected chi connectivity index (χ2v) is 3.54. The Kier molecular flexibility index (Phi) is 4.19. The van der Waals surface area contributed by atoms with Crippen LogP contribution in [0, 0.1) is 28.9 Å². The van der Waals surface area contributed by atoms with Gasteiger partial charge in [-0.1, -0.05) is 11.8 Å². The molecule has 1 aromatic rings. The molecule has 1 aromatic carbocycles. The summed E-state index contributed by atoms with van der Waals surface area (Å²) in [6.07, 6.45) is 0.685. The number of nitro benzene ring substituents is 1. The molecule has 0 radical (unpaired) electrons. The van der Waals surface area contributed by atoms with Gasteiger partial charge in [-0.25, -0.2) is 0 Å². The fourth-order valence-electron chi connectivity index (χ4n) is 1.16. The van der Waals surface area contributed by atoms with Crippen LogP contribution in [0.2, 0.25) is 0 Å². The van der Waals surface area contributed by atoms with E-state index in [1.807, 2.05) is 13.0 Å². The fraction of sp³-hybridized carbons (Fsp3) is 0.273. The Hall–Kier alpha value is -1.47. The van der Waals surface area contributed by atoms with Crippen molar-refractivity contribution in [2.24, 2.45) is 0 Å². The first-order chi connectivity index (χ1) is 7.13. The van der Waals surface area contributed by atoms with Crippen molar-refractivity contribution in [1.29, 1.82) is 0 Å². The van der Waals surface area contributed by atoms with Gasteiger partial charge in [0, 0.05) is 29.9 Å². The first kappa shape index (κ1) is 11.6. The molecule has 0 aliphatic heterocycles. The molecule has 0 fully saturated rings. The Morgan fingerprint density at radius 3 is 2.80 bits per heavy atom. The van der Waals surface area contributed by atoms with E-state index < -0.39 is 4.92 Å². The van der Waals surface area contributed by atoms with Gasteiger partial charge in [0.2, 0.25) is 0 Å². The third-order valence-corrected chi connectivity index (χ3v) is 1.97. The number of nitrogens with zero attached hydrogens (tertiary/aromatic N) is 1. The standard InChI is InChI=1S/C11H11NO2S/c1-9-6-10(4-2-3-5-15)8-11(7-9)12(13)14/h6-8,15H,3,5H2,1H3. The highest BCUT2D eigenvalue weighted by Gasteiger charge is 2.06. The van der Waals surface area contributed by atoms with E-state index in [0.29, 0.717) is 17.7 Å². The van der Waals surface area contributed by atoms with Gasteiger partial charge >= 0.3 is 0 Å². The van der Waals surface area contributed by atoms with E-state index in [9.17, 15) is 10.1 Å². The topological polar surface area (TPSA) is 43.1 Å². The van der Waals surface area contributed by atoms with Gasteiger partial charge in [0.15, 0.2) is 0 Å². The molecule has 0 amide bonds. The Morgan fingerprint density at radius 2 is 2.20 bits per heavy atom. The molecule has 0 aliphatic carbocycles. The van der Waals surface area contributed by atoms with Crippen LogP contribution in [0.15, 0.2) is 18.2 Å². The van der Waals surface area contributed by atoms with E-state index >= 15 is 0 Å². The van der Waals surface area contributed by atoms with Crippen molar-refractivity contribution in [1.82, 2.24) is 0 Å². The largest absolute Gasteiger partial charge is 0.270 e. The molecule has 4 heteroatoms. The Labute approximate surface area is 94.1 Å². The lowest BCUT2D eigenvalue weighted by Crippen LogP contribution is -1.90. The highest BCUT2D eigenvalue weighted by atomic mass is 32.1. The number of rotatable bonds is 2. The number of nitro groups is 1. The minimum atomic E-state index is -0.406. The van der Waals surface area contributed by atoms with E-state index in [4.69, 9.17) is 0 Å². The Balaban J connectivity index is 3.00. The SMILES string of the molecule is Cc1cc(C#CCCS)cc([N+](=O)[O-])c1. The molecule has 0 heterocycles. The van der Waals surface area contributed by atoms with Crippen LogP contribution in [0.25, 0.3) is 0 Å². The minimum absolute atomic E-state index is 0.0881. The summed E-state index contributed by atoms with van der Waals surface area (Å²) in [5.74, 6) is 6.47. The smallest absolute Gasteiger partial charge is 0.258 e. The van der Waals surface area contributed by atoms with E-state index in [1.54, 1.807) is 0 Å². The summed E-state index contributed by atoms with van der Waals surface area (Å²) in [5, 5.41) is 10.6. The molecular weight excluding hydrogens is 210 g/mol. The maximum Gasteiger partial charge on any atom is 0.270 e. The second kappa shape index (κ2) is 5.42. The first-order valence-electron chi connectivity index (χ1n) is 4.49. The molecule has 0 unspecified atom stereocenters. The van der Waals surface area contributed by atoms with Gasteiger partial charge in [-0.2, -0.15) is 12.6 Å². The highest BCUT2D eigenvalue weighted by molar-refractivity contribution is 7.80. The molecule has 3 nitrogen and oxygen atoms in total. The van der Waals surface area contributed by atoms with Crippen molar-refractivity contribution in [3.63, 3.8) is 0 Å². The minimum Gasteiger partial charge on any atom is -0.258 e. The van der Waals surface area contributed by atoms with E-state index in [2.05, 4.69) is 24.5 Å². The summed E-state index contributed by atoms with van der Waals surface area (Å²) < 4.78 is 0. The van der Waals surface area contributed by atoms with Gasteiger partial charge in [0.05, 0.1) is 4.92 Å². The monoisotopic (exact) mass is 221 g/mol. The number of hydrogen-bond acceptors (Lipinski definition) is 3. The lowest BCUT2D eigenvalue weighted by Gasteiger charge is -1.95. The molecule has 0 spiro atoms. The number of hydrogen-bond donors (Lipinski definition) is 1. The van der Waals surface area contributed by atoms with Crippen molar-refractivity contribution >= 4 is 18.3 Å². The average Bonchev–Trinajstić information content (AvgIpc) is 2.17. The molecule has 0 saturated heterocycles. The van der Waals surface area contributed by atoms with Crippen LogP contribution in [-0.4, -0.2) is 10.7 Å². The van der Waals surface area contributed by atoms with Gasteiger partial charge in [0.25, 0.3) is 5.69 Å². The summed E-state index contributed by atoms with van der Waals surface area (Å²) in [4.78, 5) is 10.2. The maximum absolute atomic E-state index is 10.6. The van der Waals surface area contributed by atoms with Gasteiger partial charge in [-0.3, -0.25) is 10.1 Å². The van der Waals surface area contributed by atoms with E-state index in [-0.39, 0.29) is 5.69 Å². The second-order valence-electron chi connectivity index (χ2n) is 3.09. The van der Waals surface area contributed by atoms with Crippen LogP contribution in [0.5, 0.6) is 0 Å². The van der Waals surface area contributed by atoms with Crippen molar-refractivity contribution in [2.45, 2.75) is 13.3 Å². The van der Waals surface area contributed by atoms with Crippen LogP contribution in [0.1, 0.15) is 17.5 Å². The Bertz CT molecular complexity index is 432. The van der Waals surface area contributed by atoms with Crippen LogP contribution < -0.4 is 0 Å². The quantitative estimate of drug-likeness (QED) is 0.361. The van der Waals surface area contributed by atoms with Crippen LogP contribution in [0.4, 0.5) is 5.69 Å². The lowest BCUT2D eigenvalue weighted by atomic mass is 10.1. The van der Waals surface area contributed by atoms with Crippen LogP contribution >= 0.6 is 12.6 Å². The zero-order valence-electron chi connectivity index (χ0n) is 8.36. The predicted octanol–water partition coefficient (Wildman–Crippen LogP) is 2.57. The van der Waals surface area contributed by atoms with Crippen LogP contribution in [-0.2, 0) is 0 Å². The predicted molar refractivity (Wildman–Crippen MR) is 63.2 cm³/mol. The summed E-state index contributed by atoms with van der Waals surface area (Å²) in [6, 6.07) is 4.85. The molecule has 0 aliphatic rings. The highest BCUT2D eigenvalue weighted by Crippen LogP contribution is 2.15. The van der Waals surface area contributed by atoms with E-state index in [1.165, 1.54) is 12.1 Å². The lowest BCUT2D eigenvalue weighted by molar-refractivity contribution is -0.384. The van der Waals surface area contributed by atoms with Gasteiger partial charge in [-0.05, 0) is 18.6 Å². The number of thiol groups is 1. The maximum atomic E-state index is 10.6. The molecule has 0 saturated carbocycles. The average molecular weight is 221 g/mol. The summed E-state index contributed by atoms with van der Waals surface area (Å²) in [6.45, 7) is 1.82. The summed E-state index contributed by atoms with van der Waals surface area (Å²) >= 11 is 4.03. The van der Waals surface area contributed by atoms with Gasteiger partial charge in [-0.15, -0.1) is 0 Å². The van der Waals surface area contributed by atoms with Gasteiger partial charge < -0.3 is 0 Å². The van der Waals surface area contributed by atoms with E-state index in [0.717, 1.165) is 5.56 Å². The summed E-state index contributed by atoms with van der Waals surface area (Å²) in [7, 11) is 0. The fourth-order valence-corrected chi connectivity index (χ4v) is 1.27. The molecule has 0 atom stereocenters. The third kappa shape index (κ3) is 3.64. The first-order valence-corrected chi connectivity index (χ1v) is 5.12. The zero-order chi connectivity index (χ0) is 11.3. The zero-order valence-corrected chi connectivity index (χ0v) is 9.25. The van der Waals surface area contributed by atoms with Crippen molar-refractivity contribution in [3.8, 4) is 11.8 Å². The van der Waals surface area contributed by atoms with Gasteiger partial charge in [0.1, 0.15) is 0 Å². The molecule has 15 heavy (non-hydrogen) atoms. The number of benzene rings is 1. The molecule has 0 bridgehead atoms. The van der Waals surface area contributed by atoms with Crippen LogP contribution in [0.3, 0.4) is 0 Å². The third-order valence-electron chi connectivity index (χ3n) is 1.74. The normalized spacial score (nSPS) is 9.20. The molecule has 78 valence electrons. The van der Waals surface area contributed by atoms with Crippen molar-refractivity contribution in [2.75, 3.05) is 5.75 Å². The molecule has 0 N–H and O–H groups in total. The molecule has 1 rings (SSSR count). The van der Waals surface area contributed by atoms with Crippen molar-refractivity contribution < 1.29 is 4.92 Å². The summed E-state index contributed by atoms with van der Waals surface area (Å²) in [5.41, 5.74) is 1.62. The molecule has 0 aromatic heterocycles. The molecular formula is C11H11NO2S. The van der Waals surface area contributed by atoms with Crippen molar-refractivity contribution in [3.05, 3.63) is 39.4 Å².